The molecule has 0 atom stereocenters. The van der Waals surface area contributed by atoms with E-state index in [1.165, 1.54) is 19.1 Å². The second-order valence-corrected chi connectivity index (χ2v) is 5.17. The Bertz CT molecular complexity index is 695. The molecule has 0 saturated carbocycles. The number of rotatable bonds is 5. The summed E-state index contributed by atoms with van der Waals surface area (Å²) in [6.45, 7) is 1.18. The topological polar surface area (TPSA) is 62.1 Å². The third-order valence-electron chi connectivity index (χ3n) is 2.61. The van der Waals surface area contributed by atoms with Crippen molar-refractivity contribution in [2.45, 2.75) is 19.0 Å². The molecular weight excluding hydrogens is 403 g/mol. The number of carbonyl (C=O) groups is 1. The Labute approximate surface area is 142 Å². The highest BCUT2D eigenvalue weighted by Gasteiger charge is 2.60. The number of hydrogen-bond donors (Lipinski definition) is 1. The fraction of sp³-hybridized carbons (Fsp3) is 0.286. The van der Waals surface area contributed by atoms with E-state index in [4.69, 9.17) is 5.26 Å². The number of ether oxygens (including phenoxy) is 1. The molecule has 4 nitrogen and oxygen atoms in total. The lowest BCUT2D eigenvalue weighted by atomic mass is 10.1. The van der Waals surface area contributed by atoms with Gasteiger partial charge >= 0.3 is 18.1 Å². The molecule has 0 amide bonds. The first-order valence-corrected chi connectivity index (χ1v) is 7.12. The van der Waals surface area contributed by atoms with E-state index in [-0.39, 0.29) is 28.4 Å². The van der Waals surface area contributed by atoms with Crippen molar-refractivity contribution in [3.63, 3.8) is 0 Å². The van der Waals surface area contributed by atoms with E-state index in [1.54, 1.807) is 6.07 Å². The largest absolute Gasteiger partial charge is 0.463 e. The monoisotopic (exact) mass is 412 g/mol. The number of nitrogens with one attached hydrogen (secondary N) is 1. The zero-order valence-electron chi connectivity index (χ0n) is 12.0. The molecule has 0 aliphatic carbocycles. The fourth-order valence-electron chi connectivity index (χ4n) is 1.49. The van der Waals surface area contributed by atoms with Gasteiger partial charge in [-0.25, -0.2) is 4.79 Å². The Morgan fingerprint density at radius 3 is 2.46 bits per heavy atom. The van der Waals surface area contributed by atoms with E-state index in [0.717, 1.165) is 6.07 Å². The molecular formula is C14H10BrF5N2O2. The van der Waals surface area contributed by atoms with Crippen molar-refractivity contribution < 1.29 is 31.5 Å². The molecule has 0 radical (unpaired) electrons. The van der Waals surface area contributed by atoms with Crippen molar-refractivity contribution in [2.75, 3.05) is 11.9 Å². The molecule has 24 heavy (non-hydrogen) atoms. The zero-order chi connectivity index (χ0) is 18.5. The summed E-state index contributed by atoms with van der Waals surface area (Å²) in [5.41, 5.74) is -1.72. The van der Waals surface area contributed by atoms with Crippen LogP contribution in [0.3, 0.4) is 0 Å². The van der Waals surface area contributed by atoms with Gasteiger partial charge in [-0.1, -0.05) is 0 Å². The van der Waals surface area contributed by atoms with E-state index in [2.05, 4.69) is 20.7 Å². The number of hydrogen-bond acceptors (Lipinski definition) is 4. The first-order valence-electron chi connectivity index (χ1n) is 6.33. The van der Waals surface area contributed by atoms with Gasteiger partial charge in [0.25, 0.3) is 0 Å². The number of anilines is 1. The highest BCUT2D eigenvalue weighted by Crippen LogP contribution is 2.42. The molecule has 0 heterocycles. The van der Waals surface area contributed by atoms with Gasteiger partial charge in [0.05, 0.1) is 23.9 Å². The third-order valence-corrected chi connectivity index (χ3v) is 3.27. The molecule has 0 bridgehead atoms. The number of benzene rings is 1. The summed E-state index contributed by atoms with van der Waals surface area (Å²) in [5, 5.41) is 10.6. The molecule has 0 aliphatic rings. The van der Waals surface area contributed by atoms with Gasteiger partial charge in [-0.15, -0.1) is 0 Å². The molecule has 1 rings (SSSR count). The summed E-state index contributed by atoms with van der Waals surface area (Å²) < 4.78 is 69.5. The summed E-state index contributed by atoms with van der Waals surface area (Å²) in [5.74, 6) is -6.67. The number of carbonyl (C=O) groups excluding carboxylic acids is 1. The lowest BCUT2D eigenvalue weighted by molar-refractivity contribution is -0.263. The van der Waals surface area contributed by atoms with Gasteiger partial charge in [-0.3, -0.25) is 0 Å². The number of esters is 1. The van der Waals surface area contributed by atoms with Gasteiger partial charge in [-0.05, 0) is 41.1 Å². The minimum absolute atomic E-state index is 0.0433. The van der Waals surface area contributed by atoms with Crippen LogP contribution in [-0.4, -0.2) is 24.7 Å². The Balaban J connectivity index is 3.30. The summed E-state index contributed by atoms with van der Waals surface area (Å²) in [6.07, 6.45) is -5.88. The summed E-state index contributed by atoms with van der Waals surface area (Å²) in [6, 6.07) is 5.32. The molecule has 130 valence electrons. The lowest BCUT2D eigenvalue weighted by Gasteiger charge is -2.24. The average Bonchev–Trinajstić information content (AvgIpc) is 2.47. The third kappa shape index (κ3) is 4.67. The van der Waals surface area contributed by atoms with Crippen molar-refractivity contribution in [3.05, 3.63) is 40.0 Å². The second-order valence-electron chi connectivity index (χ2n) is 4.31. The van der Waals surface area contributed by atoms with Crippen LogP contribution in [0.25, 0.3) is 0 Å². The van der Waals surface area contributed by atoms with Crippen LogP contribution >= 0.6 is 15.9 Å². The molecule has 10 heteroatoms. The molecule has 1 aromatic rings. The van der Waals surface area contributed by atoms with Gasteiger partial charge < -0.3 is 10.1 Å². The predicted octanol–water partition coefficient (Wildman–Crippen LogP) is 4.38. The number of nitriles is 1. The number of allylic oxidation sites excluding steroid dienone is 1. The smallest absolute Gasteiger partial charge is 0.459 e. The van der Waals surface area contributed by atoms with Crippen molar-refractivity contribution in [1.29, 1.82) is 5.26 Å². The number of alkyl halides is 5. The minimum Gasteiger partial charge on any atom is -0.463 e. The Morgan fingerprint density at radius 2 is 2.00 bits per heavy atom. The van der Waals surface area contributed by atoms with E-state index < -0.39 is 23.8 Å². The standard InChI is InChI=1S/C14H10BrF5N2O2/c1-2-24-12(23)6-11(13(16,17)14(18,19)20)22-10-4-3-8(7-21)5-9(10)15/h3-6,22H,2H2,1H3/b11-6+. The molecule has 0 saturated heterocycles. The van der Waals surface area contributed by atoms with Crippen molar-refractivity contribution in [3.8, 4) is 6.07 Å². The molecule has 0 unspecified atom stereocenters. The normalized spacial score (nSPS) is 12.5. The lowest BCUT2D eigenvalue weighted by Crippen LogP contribution is -2.41. The van der Waals surface area contributed by atoms with Gasteiger partial charge in [0, 0.05) is 10.5 Å². The van der Waals surface area contributed by atoms with Gasteiger partial charge in [0.1, 0.15) is 5.70 Å². The van der Waals surface area contributed by atoms with Crippen molar-refractivity contribution in [2.24, 2.45) is 0 Å². The van der Waals surface area contributed by atoms with Crippen LogP contribution in [0.15, 0.2) is 34.4 Å². The van der Waals surface area contributed by atoms with E-state index in [9.17, 15) is 26.7 Å². The Morgan fingerprint density at radius 1 is 1.38 bits per heavy atom. The Hall–Kier alpha value is -2.15. The first-order chi connectivity index (χ1) is 11.0. The van der Waals surface area contributed by atoms with E-state index in [0.29, 0.717) is 0 Å². The predicted molar refractivity (Wildman–Crippen MR) is 78.2 cm³/mol. The van der Waals surface area contributed by atoms with E-state index >= 15 is 0 Å². The summed E-state index contributed by atoms with van der Waals surface area (Å²) in [4.78, 5) is 11.3. The molecule has 0 aliphatic heterocycles. The van der Waals surface area contributed by atoms with Crippen LogP contribution in [0.1, 0.15) is 12.5 Å². The van der Waals surface area contributed by atoms with Crippen molar-refractivity contribution in [1.82, 2.24) is 0 Å². The maximum atomic E-state index is 13.6. The fourth-order valence-corrected chi connectivity index (χ4v) is 1.97. The molecule has 1 N–H and O–H groups in total. The summed E-state index contributed by atoms with van der Waals surface area (Å²) >= 11 is 2.95. The van der Waals surface area contributed by atoms with Crippen LogP contribution in [0.4, 0.5) is 27.6 Å². The van der Waals surface area contributed by atoms with Crippen LogP contribution < -0.4 is 5.32 Å². The summed E-state index contributed by atoms with van der Waals surface area (Å²) in [7, 11) is 0. The maximum Gasteiger partial charge on any atom is 0.459 e. The molecule has 0 spiro atoms. The van der Waals surface area contributed by atoms with Crippen LogP contribution in [-0.2, 0) is 9.53 Å². The quantitative estimate of drug-likeness (QED) is 0.442. The second kappa shape index (κ2) is 7.61. The van der Waals surface area contributed by atoms with Crippen LogP contribution in [0.5, 0.6) is 0 Å². The SMILES string of the molecule is CCOC(=O)/C=C(/Nc1ccc(C#N)cc1Br)C(F)(F)C(F)(F)F. The van der Waals surface area contributed by atoms with Gasteiger partial charge in [-0.2, -0.15) is 27.2 Å². The minimum atomic E-state index is -5.92. The average molecular weight is 413 g/mol. The van der Waals surface area contributed by atoms with Gasteiger partial charge in [0.2, 0.25) is 0 Å². The van der Waals surface area contributed by atoms with E-state index in [1.807, 2.05) is 5.32 Å². The van der Waals surface area contributed by atoms with Crippen LogP contribution in [0, 0.1) is 11.3 Å². The first kappa shape index (κ1) is 19.9. The van der Waals surface area contributed by atoms with Crippen LogP contribution in [0.2, 0.25) is 0 Å². The Kier molecular flexibility index (Phi) is 6.31. The molecule has 0 fully saturated rings. The van der Waals surface area contributed by atoms with Gasteiger partial charge in [0.15, 0.2) is 0 Å². The molecule has 0 aromatic heterocycles. The van der Waals surface area contributed by atoms with Crippen molar-refractivity contribution >= 4 is 27.6 Å². The molecule has 1 aromatic carbocycles. The maximum absolute atomic E-state index is 13.6. The number of halogens is 6. The highest BCUT2D eigenvalue weighted by molar-refractivity contribution is 9.10. The highest BCUT2D eigenvalue weighted by atomic mass is 79.9. The number of nitrogens with zero attached hydrogens (tertiary/aromatic N) is 1. The zero-order valence-corrected chi connectivity index (χ0v) is 13.6.